The quantitative estimate of drug-likeness (QED) is 0.0935. The normalized spacial score (nSPS) is 20.0. The zero-order valence-electron chi connectivity index (χ0n) is 31.5. The molecule has 0 amide bonds. The van der Waals surface area contributed by atoms with Crippen LogP contribution in [0, 0.1) is 55.2 Å². The molecule has 0 saturated heterocycles. The molecule has 0 spiro atoms. The van der Waals surface area contributed by atoms with Gasteiger partial charge in [0.1, 0.15) is 24.5 Å². The number of rotatable bonds is 7. The number of nitrogens with zero attached hydrogens (tertiary/aromatic N) is 1. The monoisotopic (exact) mass is 1060 g/mol. The molecule has 21 heteroatoms. The number of terminal acetylenes is 1. The summed E-state index contributed by atoms with van der Waals surface area (Å²) in [5.41, 5.74) is -11.1. The van der Waals surface area contributed by atoms with Gasteiger partial charge in [0.05, 0.1) is 6.42 Å². The molecule has 4 aliphatic rings. The van der Waals surface area contributed by atoms with Gasteiger partial charge in [-0.1, -0.05) is 25.0 Å². The van der Waals surface area contributed by atoms with Gasteiger partial charge in [-0.05, 0) is 83.3 Å². The molecule has 0 aromatic rings. The zero-order valence-corrected chi connectivity index (χ0v) is 36.3. The van der Waals surface area contributed by atoms with Gasteiger partial charge < -0.3 is 4.79 Å². The molecule has 2 atom stereocenters. The van der Waals surface area contributed by atoms with Gasteiger partial charge in [-0.3, -0.25) is 24.0 Å². The van der Waals surface area contributed by atoms with E-state index in [1.54, 1.807) is 6.92 Å². The second-order valence-electron chi connectivity index (χ2n) is 12.6. The Morgan fingerprint density at radius 1 is 0.873 bits per heavy atom. The Balaban J connectivity index is 0. The summed E-state index contributed by atoms with van der Waals surface area (Å²) in [5.74, 6) is 3.22. The van der Waals surface area contributed by atoms with Crippen LogP contribution in [0.3, 0.4) is 0 Å². The minimum absolute atomic E-state index is 0. The predicted octanol–water partition coefficient (Wildman–Crippen LogP) is 6.24. The maximum absolute atomic E-state index is 12.1. The van der Waals surface area contributed by atoms with Gasteiger partial charge >= 0.3 is 38.5 Å². The van der Waals surface area contributed by atoms with Crippen LogP contribution in [0.25, 0.3) is 0 Å². The van der Waals surface area contributed by atoms with Gasteiger partial charge in [-0.2, -0.15) is 26.3 Å². The van der Waals surface area contributed by atoms with Crippen LogP contribution in [0.5, 0.6) is 0 Å². The summed E-state index contributed by atoms with van der Waals surface area (Å²) in [5, 5.41) is 0. The summed E-state index contributed by atoms with van der Waals surface area (Å²) in [6.07, 6.45) is 18.8. The van der Waals surface area contributed by atoms with Gasteiger partial charge in [-0.15, -0.1) is 15.8 Å². The molecule has 0 bridgehead atoms. The van der Waals surface area contributed by atoms with E-state index in [1.807, 2.05) is 6.08 Å². The van der Waals surface area contributed by atoms with Gasteiger partial charge in [0.25, 0.3) is 0 Å². The first-order valence-electron chi connectivity index (χ1n) is 17.4. The number of carbonyl (C=O) groups is 6. The largest absolute Gasteiger partial charge is 0.511 e. The van der Waals surface area contributed by atoms with E-state index >= 15 is 0 Å². The van der Waals surface area contributed by atoms with Crippen molar-refractivity contribution < 1.29 is 104 Å². The average Bonchev–Trinajstić information content (AvgIpc) is 3.08. The Kier molecular flexibility index (Phi) is 24.7. The predicted molar refractivity (Wildman–Crippen MR) is 187 cm³/mol. The van der Waals surface area contributed by atoms with Crippen LogP contribution in [0.4, 0.5) is 26.3 Å². The minimum Gasteiger partial charge on any atom is -0.300 e. The van der Waals surface area contributed by atoms with Crippen molar-refractivity contribution in [3.63, 3.8) is 0 Å². The van der Waals surface area contributed by atoms with E-state index in [2.05, 4.69) is 6.58 Å². The average molecular weight is 1060 g/mol. The number of ketones is 6. The Bertz CT molecular complexity index is 1650. The summed E-state index contributed by atoms with van der Waals surface area (Å²) in [7, 11) is -14.5. The Labute approximate surface area is 344 Å². The van der Waals surface area contributed by atoms with Crippen molar-refractivity contribution in [2.75, 3.05) is 0 Å². The number of fused-ring (bicyclic) bond motifs is 1. The molecule has 11 nitrogen and oxygen atoms in total. The van der Waals surface area contributed by atoms with E-state index in [-0.39, 0.29) is 66.6 Å². The van der Waals surface area contributed by atoms with Crippen molar-refractivity contribution in [1.82, 2.24) is 3.62 Å². The molecule has 3 saturated carbocycles. The maximum Gasteiger partial charge on any atom is 0.511 e. The summed E-state index contributed by atoms with van der Waals surface area (Å²) in [6.45, 7) is 6.27. The number of hydrogen-bond donors (Lipinski definition) is 0. The molecule has 0 aromatic carbocycles. The van der Waals surface area contributed by atoms with E-state index in [0.717, 1.165) is 69.5 Å². The third-order valence-electron chi connectivity index (χ3n) is 8.23. The smallest absolute Gasteiger partial charge is 0.300 e. The van der Waals surface area contributed by atoms with E-state index in [0.29, 0.717) is 30.8 Å². The van der Waals surface area contributed by atoms with Crippen molar-refractivity contribution in [2.24, 2.45) is 11.8 Å². The molecule has 3 fully saturated rings. The van der Waals surface area contributed by atoms with Crippen molar-refractivity contribution in [3.05, 3.63) is 24.3 Å². The number of hydrogen-bond acceptors (Lipinski definition) is 10. The van der Waals surface area contributed by atoms with Crippen LogP contribution in [0.15, 0.2) is 24.3 Å². The molecule has 307 valence electrons. The number of allylic oxidation sites excluding steroid dienone is 3. The van der Waals surface area contributed by atoms with Crippen molar-refractivity contribution in [2.45, 2.75) is 128 Å². The van der Waals surface area contributed by atoms with Crippen molar-refractivity contribution >= 4 is 62.2 Å². The number of halogens is 6. The molecule has 4 aliphatic carbocycles. The first-order valence-corrected chi connectivity index (χ1v) is 19.8. The van der Waals surface area contributed by atoms with Gasteiger partial charge in [-0.25, -0.2) is 16.8 Å². The van der Waals surface area contributed by atoms with E-state index in [4.69, 9.17) is 1.37 Å². The van der Waals surface area contributed by atoms with Crippen LogP contribution >= 0.6 is 0 Å². The molecule has 2 unspecified atom stereocenters. The van der Waals surface area contributed by atoms with E-state index in [9.17, 15) is 71.9 Å². The molecule has 1 radical (unpaired) electrons. The second kappa shape index (κ2) is 25.8. The van der Waals surface area contributed by atoms with Crippen LogP contribution in [-0.4, -0.2) is 73.6 Å². The molecule has 4 rings (SSSR count). The van der Waals surface area contributed by atoms with Gasteiger partial charge in [0.2, 0.25) is 0 Å². The number of Topliss-reactive ketones (excluding diaryl/α,β-unsaturated/α-hetero) is 4. The molecule has 0 aromatic heterocycles. The first kappa shape index (κ1) is 52.6. The number of alkyl halides is 6. The third kappa shape index (κ3) is 20.6. The second-order valence-corrected chi connectivity index (χ2v) is 16.5. The van der Waals surface area contributed by atoms with E-state index < -0.39 is 42.1 Å². The van der Waals surface area contributed by atoms with E-state index in [1.165, 1.54) is 44.3 Å². The molecule has 55 heavy (non-hydrogen) atoms. The molecular weight excluding hydrogens is 1010 g/mol. The van der Waals surface area contributed by atoms with Crippen LogP contribution < -0.4 is 0 Å². The first-order chi connectivity index (χ1) is 25.3. The van der Waals surface area contributed by atoms with Crippen LogP contribution in [0.2, 0.25) is 0 Å². The molecule has 0 N–H and O–H groups in total. The Morgan fingerprint density at radius 3 is 1.80 bits per heavy atom. The maximum atomic E-state index is 12.1. The molecule has 0 aliphatic heterocycles. The minimum atomic E-state index is -6.87. The van der Waals surface area contributed by atoms with Crippen molar-refractivity contribution in [1.29, 1.82) is 0 Å². The topological polar surface area (TPSA) is 174 Å². The van der Waals surface area contributed by atoms with Gasteiger partial charge in [0, 0.05) is 69.1 Å². The standard InChI is InChI=1S/C10H16O2.C10H14O.C6H8O2.C4HBF6NO4S2.C4H6O.U/c1-8(11)6-7-9-4-2-3-5-10(9)12;11-10-6-5-8-3-1-2-4-9(8)7-10;7-5-2-1-3-6(8)4-5;1-2-5-12(17(13,14)3(6,7)8)18(15,16)4(9,10)11;1-3-4(2)5;/h9H,2-7H2,1H3;7-8H,1-6H2;1-4H2;1H;3H,1H2,2H3;/i;;;1D;;. The summed E-state index contributed by atoms with van der Waals surface area (Å²) in [6, 6.07) is 0. The fourth-order valence-electron chi connectivity index (χ4n) is 5.37. The summed E-state index contributed by atoms with van der Waals surface area (Å²) < 4.78 is 119. The summed E-state index contributed by atoms with van der Waals surface area (Å²) in [4.78, 5) is 63.6. The fourth-order valence-corrected chi connectivity index (χ4v) is 7.70. The van der Waals surface area contributed by atoms with Crippen LogP contribution in [0.1, 0.15) is 118 Å². The summed E-state index contributed by atoms with van der Waals surface area (Å²) >= 11 is 0. The fraction of sp³-hybridized carbons (Fsp3) is 0.647. The van der Waals surface area contributed by atoms with Crippen LogP contribution in [-0.2, 0) is 48.8 Å². The SMILES string of the molecule is C=CC(C)=O.CC(=O)CCC1CCCCC1=O.O=C1C=C2CCCCC2CC1.O=C1CCCC(=O)C1.[2H]C#C[B]N(S(=O)(=O)C(F)(F)F)S(=O)(=O)C(F)(F)F.[U]. The molecule has 0 heterocycles. The number of sulfonamides is 2. The zero-order chi connectivity index (χ0) is 42.6. The number of carbonyl (C=O) groups excluding carboxylic acids is 6. The van der Waals surface area contributed by atoms with Gasteiger partial charge in [0.15, 0.2) is 11.6 Å². The molecular formula is C34H45BF6NO10S2U. The Morgan fingerprint density at radius 2 is 1.38 bits per heavy atom. The third-order valence-corrected chi connectivity index (χ3v) is 11.7. The Hall–Kier alpha value is -2.38. The van der Waals surface area contributed by atoms with Crippen molar-refractivity contribution in [3.8, 4) is 12.2 Å².